The molecule has 10 nitrogen and oxygen atoms in total. The molecule has 222 valence electrons. The van der Waals surface area contributed by atoms with E-state index >= 15 is 0 Å². The number of ketones is 2. The average molecular weight is 734 g/mol. The maximum atomic E-state index is 14.2. The molecule has 0 aliphatic heterocycles. The van der Waals surface area contributed by atoms with E-state index in [2.05, 4.69) is 51.8 Å². The Labute approximate surface area is 259 Å². The molecule has 6 rings (SSSR count). The van der Waals surface area contributed by atoms with Crippen LogP contribution in [0.4, 0.5) is 28.9 Å². The van der Waals surface area contributed by atoms with Crippen LogP contribution >= 0.6 is 31.9 Å². The highest BCUT2D eigenvalue weighted by Gasteiger charge is 2.28. The summed E-state index contributed by atoms with van der Waals surface area (Å²) >= 11 is 6.43. The number of carbonyl (C=O) groups excluding carboxylic acids is 2. The van der Waals surface area contributed by atoms with Gasteiger partial charge in [-0.15, -0.1) is 0 Å². The smallest absolute Gasteiger partial charge is 0.305 e. The number of nitrogen functional groups attached to an aromatic ring is 1. The number of benzene rings is 2. The molecular weight excluding hydrogens is 720 g/mol. The van der Waals surface area contributed by atoms with Crippen LogP contribution in [0, 0.1) is 33.4 Å². The normalized spacial score (nSPS) is 11.0. The fourth-order valence-corrected chi connectivity index (χ4v) is 4.93. The average Bonchev–Trinajstić information content (AvgIpc) is 3.59. The van der Waals surface area contributed by atoms with E-state index in [1.807, 2.05) is 0 Å². The zero-order valence-corrected chi connectivity index (χ0v) is 24.8. The largest absolute Gasteiger partial charge is 0.396 e. The van der Waals surface area contributed by atoms with Gasteiger partial charge < -0.3 is 15.7 Å². The molecule has 6 aromatic rings. The summed E-state index contributed by atoms with van der Waals surface area (Å²) in [5.41, 5.74) is 3.40. The number of nitrogens with zero attached hydrogens (tertiary/aromatic N) is 3. The molecule has 2 aromatic carbocycles. The summed E-state index contributed by atoms with van der Waals surface area (Å²) in [6.07, 6.45) is 5.66. The number of nitrogens with one attached hydrogen (secondary N) is 2. The van der Waals surface area contributed by atoms with Crippen LogP contribution in [0.15, 0.2) is 70.1 Å². The van der Waals surface area contributed by atoms with E-state index in [9.17, 15) is 37.3 Å². The lowest BCUT2D eigenvalue weighted by molar-refractivity contribution is -0.387. The molecule has 0 bridgehead atoms. The summed E-state index contributed by atoms with van der Waals surface area (Å²) < 4.78 is 57.0. The van der Waals surface area contributed by atoms with Crippen molar-refractivity contribution in [3.8, 4) is 0 Å². The molecule has 4 aromatic heterocycles. The van der Waals surface area contributed by atoms with E-state index < -0.39 is 56.6 Å². The molecule has 0 atom stereocenters. The summed E-state index contributed by atoms with van der Waals surface area (Å²) in [4.78, 5) is 48.2. The second-order valence-electron chi connectivity index (χ2n) is 9.00. The van der Waals surface area contributed by atoms with Crippen LogP contribution in [0.2, 0.25) is 0 Å². The van der Waals surface area contributed by atoms with Crippen molar-refractivity contribution >= 4 is 76.9 Å². The van der Waals surface area contributed by atoms with Crippen molar-refractivity contribution in [3.05, 3.63) is 126 Å². The molecule has 0 radical (unpaired) electrons. The minimum atomic E-state index is -1.50. The number of rotatable bonds is 5. The van der Waals surface area contributed by atoms with Gasteiger partial charge in [0.2, 0.25) is 17.4 Å². The molecule has 0 aliphatic rings. The minimum absolute atomic E-state index is 0.0351. The number of nitro benzene ring substituents is 1. The topological polar surface area (TPSA) is 161 Å². The predicted molar refractivity (Wildman–Crippen MR) is 158 cm³/mol. The second-order valence-corrected chi connectivity index (χ2v) is 10.8. The van der Waals surface area contributed by atoms with Crippen LogP contribution in [0.5, 0.6) is 0 Å². The highest BCUT2D eigenvalue weighted by atomic mass is 79.9. The van der Waals surface area contributed by atoms with Gasteiger partial charge in [0.15, 0.2) is 5.82 Å². The van der Waals surface area contributed by atoms with Crippen LogP contribution in [-0.4, -0.2) is 36.4 Å². The molecule has 0 saturated heterocycles. The van der Waals surface area contributed by atoms with Crippen molar-refractivity contribution in [2.75, 3.05) is 5.73 Å². The number of nitro groups is 1. The fraction of sp³-hybridized carbons (Fsp3) is 0. The lowest BCUT2D eigenvalue weighted by Gasteiger charge is -2.05. The van der Waals surface area contributed by atoms with Crippen molar-refractivity contribution in [2.45, 2.75) is 0 Å². The lowest BCUT2D eigenvalue weighted by atomic mass is 10.0. The second kappa shape index (κ2) is 12.0. The van der Waals surface area contributed by atoms with E-state index in [0.717, 1.165) is 12.1 Å². The molecule has 0 aliphatic carbocycles. The van der Waals surface area contributed by atoms with Gasteiger partial charge in [-0.05, 0) is 62.2 Å². The highest BCUT2D eigenvalue weighted by molar-refractivity contribution is 9.10. The number of carbonyl (C=O) groups is 2. The predicted octanol–water partition coefficient (Wildman–Crippen LogP) is 7.16. The first kappa shape index (κ1) is 30.5. The molecule has 0 unspecified atom stereocenters. The third-order valence-corrected chi connectivity index (χ3v) is 7.19. The number of pyridine rings is 2. The number of hydrogen-bond acceptors (Lipinski definition) is 7. The number of aromatic amines is 2. The first-order valence-corrected chi connectivity index (χ1v) is 13.7. The molecular formula is C28H14Br2F4N6O4. The van der Waals surface area contributed by atoms with Gasteiger partial charge in [0.25, 0.3) is 0 Å². The van der Waals surface area contributed by atoms with Crippen molar-refractivity contribution in [3.63, 3.8) is 0 Å². The van der Waals surface area contributed by atoms with Crippen LogP contribution in [0.25, 0.3) is 22.1 Å². The van der Waals surface area contributed by atoms with Gasteiger partial charge in [-0.2, -0.15) is 4.39 Å². The molecule has 44 heavy (non-hydrogen) atoms. The third-order valence-electron chi connectivity index (χ3n) is 6.33. The molecule has 0 spiro atoms. The van der Waals surface area contributed by atoms with Crippen molar-refractivity contribution < 1.29 is 32.1 Å². The van der Waals surface area contributed by atoms with E-state index in [4.69, 9.17) is 5.73 Å². The van der Waals surface area contributed by atoms with Crippen LogP contribution in [-0.2, 0) is 0 Å². The van der Waals surface area contributed by atoms with Gasteiger partial charge in [-0.25, -0.2) is 23.1 Å². The quantitative estimate of drug-likeness (QED) is 0.0557. The Balaban J connectivity index is 0.000000175. The number of anilines is 1. The van der Waals surface area contributed by atoms with Crippen LogP contribution in [0.3, 0.4) is 0 Å². The van der Waals surface area contributed by atoms with Gasteiger partial charge in [-0.3, -0.25) is 19.7 Å². The first-order valence-electron chi connectivity index (χ1n) is 12.1. The Bertz CT molecular complexity index is 2150. The number of nitrogens with two attached hydrogens (primary N) is 1. The van der Waals surface area contributed by atoms with Crippen LogP contribution < -0.4 is 5.73 Å². The van der Waals surface area contributed by atoms with E-state index in [0.29, 0.717) is 43.1 Å². The Hall–Kier alpha value is -4.96. The number of H-pyrrole nitrogens is 2. The highest BCUT2D eigenvalue weighted by Crippen LogP contribution is 2.29. The van der Waals surface area contributed by atoms with Gasteiger partial charge in [0.05, 0.1) is 16.2 Å². The first-order chi connectivity index (χ1) is 20.9. The number of halogens is 6. The molecule has 0 saturated carbocycles. The summed E-state index contributed by atoms with van der Waals surface area (Å²) in [6.45, 7) is 0. The SMILES string of the molecule is Nc1ccc(F)c(C(=O)c2c[nH]c3ncc(Br)cc23)c1F.O=C(c1c(F)ccc([N+](=O)[O-])c1F)c1c[nH]c2ncc(Br)cc12. The van der Waals surface area contributed by atoms with E-state index in [-0.39, 0.29) is 16.8 Å². The summed E-state index contributed by atoms with van der Waals surface area (Å²) in [5.74, 6) is -6.48. The Morgan fingerprint density at radius 3 is 1.70 bits per heavy atom. The van der Waals surface area contributed by atoms with Gasteiger partial charge >= 0.3 is 5.69 Å². The summed E-state index contributed by atoms with van der Waals surface area (Å²) in [5, 5.41) is 11.6. The monoisotopic (exact) mass is 732 g/mol. The zero-order chi connectivity index (χ0) is 31.9. The van der Waals surface area contributed by atoms with Crippen molar-refractivity contribution in [1.82, 2.24) is 19.9 Å². The Morgan fingerprint density at radius 1 is 0.773 bits per heavy atom. The molecule has 4 N–H and O–H groups in total. The van der Waals surface area contributed by atoms with Gasteiger partial charge in [-0.1, -0.05) is 0 Å². The molecule has 16 heteroatoms. The van der Waals surface area contributed by atoms with Crippen LogP contribution in [0.1, 0.15) is 31.8 Å². The lowest BCUT2D eigenvalue weighted by Crippen LogP contribution is -2.09. The fourth-order valence-electron chi connectivity index (χ4n) is 4.27. The van der Waals surface area contributed by atoms with E-state index in [1.165, 1.54) is 18.6 Å². The zero-order valence-electron chi connectivity index (χ0n) is 21.6. The third kappa shape index (κ3) is 5.56. The van der Waals surface area contributed by atoms with Crippen molar-refractivity contribution in [1.29, 1.82) is 0 Å². The summed E-state index contributed by atoms with van der Waals surface area (Å²) in [7, 11) is 0. The van der Waals surface area contributed by atoms with E-state index in [1.54, 1.807) is 18.3 Å². The molecule has 4 heterocycles. The van der Waals surface area contributed by atoms with Crippen molar-refractivity contribution in [2.24, 2.45) is 0 Å². The maximum Gasteiger partial charge on any atom is 0.305 e. The van der Waals surface area contributed by atoms with Gasteiger partial charge in [0, 0.05) is 61.7 Å². The Kier molecular flexibility index (Phi) is 8.29. The number of aromatic nitrogens is 4. The molecule has 0 amide bonds. The molecule has 0 fully saturated rings. The maximum absolute atomic E-state index is 14.2. The standard InChI is InChI=1S/C14H6BrF2N3O3.C14H8BrF2N3O/c15-6-3-7-8(5-19-14(7)18-4-6)13(21)11-9(16)1-2-10(12(11)17)20(22)23;15-6-3-7-8(5-20-14(7)19-4-6)13(21)11-9(16)1-2-10(18)12(11)17/h1-5H,(H,18,19);1-5H,18H2,(H,19,20). The Morgan fingerprint density at radius 2 is 1.23 bits per heavy atom. The number of fused-ring (bicyclic) bond motifs is 2. The minimum Gasteiger partial charge on any atom is -0.396 e. The van der Waals surface area contributed by atoms with Gasteiger partial charge in [0.1, 0.15) is 28.5 Å². The summed E-state index contributed by atoms with van der Waals surface area (Å²) in [6, 6.07) is 6.61. The number of hydrogen-bond donors (Lipinski definition) is 3.